The van der Waals surface area contributed by atoms with Gasteiger partial charge < -0.3 is 9.47 Å². The Labute approximate surface area is 84.1 Å². The van der Waals surface area contributed by atoms with Crippen LogP contribution >= 0.6 is 0 Å². The highest BCUT2D eigenvalue weighted by molar-refractivity contribution is 5.92. The summed E-state index contributed by atoms with van der Waals surface area (Å²) in [6.07, 6.45) is 3.07. The van der Waals surface area contributed by atoms with Crippen LogP contribution in [0.4, 0.5) is 0 Å². The van der Waals surface area contributed by atoms with Crippen LogP contribution in [0.15, 0.2) is 11.8 Å². The lowest BCUT2D eigenvalue weighted by molar-refractivity contribution is -0.138. The minimum atomic E-state index is -0.633. The van der Waals surface area contributed by atoms with Gasteiger partial charge in [-0.2, -0.15) is 5.26 Å². The van der Waals surface area contributed by atoms with Crippen molar-refractivity contribution in [2.24, 2.45) is 0 Å². The minimum Gasteiger partial charge on any atom is -0.500 e. The molecule has 0 aliphatic heterocycles. The summed E-state index contributed by atoms with van der Waals surface area (Å²) in [5, 5.41) is 8.58. The zero-order valence-corrected chi connectivity index (χ0v) is 8.58. The van der Waals surface area contributed by atoms with E-state index in [-0.39, 0.29) is 12.2 Å². The molecular weight excluding hydrogens is 182 g/mol. The topological polar surface area (TPSA) is 59.3 Å². The van der Waals surface area contributed by atoms with Crippen molar-refractivity contribution >= 4 is 5.97 Å². The summed E-state index contributed by atoms with van der Waals surface area (Å²) in [6.45, 7) is 4.49. The Morgan fingerprint density at radius 1 is 1.50 bits per heavy atom. The molecule has 0 aromatic rings. The van der Waals surface area contributed by atoms with E-state index in [0.717, 1.165) is 19.1 Å². The zero-order chi connectivity index (χ0) is 10.8. The van der Waals surface area contributed by atoms with Gasteiger partial charge in [0, 0.05) is 0 Å². The first kappa shape index (κ1) is 12.5. The number of rotatable bonds is 6. The van der Waals surface area contributed by atoms with Crippen molar-refractivity contribution in [3.63, 3.8) is 0 Å². The molecule has 0 N–H and O–H groups in total. The fourth-order valence-electron chi connectivity index (χ4n) is 0.699. The maximum atomic E-state index is 11.0. The lowest BCUT2D eigenvalue weighted by Crippen LogP contribution is -2.06. The molecule has 0 aromatic heterocycles. The number of hydrogen-bond acceptors (Lipinski definition) is 4. The molecule has 78 valence electrons. The molecular formula is C10H15NO3. The number of nitriles is 1. The van der Waals surface area contributed by atoms with E-state index in [1.807, 2.05) is 6.92 Å². The number of carbonyl (C=O) groups is 1. The van der Waals surface area contributed by atoms with E-state index < -0.39 is 5.97 Å². The second kappa shape index (κ2) is 8.11. The number of unbranched alkanes of at least 4 members (excludes halogenated alkanes) is 1. The van der Waals surface area contributed by atoms with Crippen molar-refractivity contribution in [2.45, 2.75) is 26.7 Å². The second-order valence-electron chi connectivity index (χ2n) is 2.59. The van der Waals surface area contributed by atoms with Gasteiger partial charge in [-0.25, -0.2) is 4.79 Å². The fraction of sp³-hybridized carbons (Fsp3) is 0.600. The lowest BCUT2D eigenvalue weighted by Gasteiger charge is -2.01. The van der Waals surface area contributed by atoms with E-state index in [0.29, 0.717) is 6.61 Å². The first-order valence-corrected chi connectivity index (χ1v) is 4.65. The van der Waals surface area contributed by atoms with Crippen molar-refractivity contribution in [1.29, 1.82) is 5.26 Å². The molecule has 0 unspecified atom stereocenters. The van der Waals surface area contributed by atoms with Crippen LogP contribution in [0.2, 0.25) is 0 Å². The second-order valence-corrected chi connectivity index (χ2v) is 2.59. The molecule has 0 saturated heterocycles. The summed E-state index contributed by atoms with van der Waals surface area (Å²) in [4.78, 5) is 11.0. The third kappa shape index (κ3) is 5.20. The standard InChI is InChI=1S/C10H15NO3/c1-3-5-6-13-8-9(7-11)10(12)14-4-2/h8H,3-6H2,1-2H3. The van der Waals surface area contributed by atoms with E-state index in [2.05, 4.69) is 4.74 Å². The Hall–Kier alpha value is -1.50. The van der Waals surface area contributed by atoms with Crippen LogP contribution in [0.3, 0.4) is 0 Å². The quantitative estimate of drug-likeness (QED) is 0.214. The summed E-state index contributed by atoms with van der Waals surface area (Å²) in [6, 6.07) is 1.73. The maximum absolute atomic E-state index is 11.0. The smallest absolute Gasteiger partial charge is 0.352 e. The number of hydrogen-bond donors (Lipinski definition) is 0. The monoisotopic (exact) mass is 197 g/mol. The van der Waals surface area contributed by atoms with Crippen LogP contribution in [0, 0.1) is 11.3 Å². The van der Waals surface area contributed by atoms with Crippen LogP contribution in [-0.4, -0.2) is 19.2 Å². The third-order valence-corrected chi connectivity index (χ3v) is 1.43. The van der Waals surface area contributed by atoms with Gasteiger partial charge in [0.1, 0.15) is 12.3 Å². The summed E-state index contributed by atoms with van der Waals surface area (Å²) < 4.78 is 9.65. The number of ether oxygens (including phenoxy) is 2. The highest BCUT2D eigenvalue weighted by Gasteiger charge is 2.09. The Morgan fingerprint density at radius 2 is 2.21 bits per heavy atom. The van der Waals surface area contributed by atoms with Gasteiger partial charge in [0.15, 0.2) is 5.57 Å². The van der Waals surface area contributed by atoms with E-state index in [1.165, 1.54) is 0 Å². The van der Waals surface area contributed by atoms with Crippen molar-refractivity contribution < 1.29 is 14.3 Å². The van der Waals surface area contributed by atoms with Gasteiger partial charge in [-0.05, 0) is 13.3 Å². The molecule has 0 rings (SSSR count). The van der Waals surface area contributed by atoms with Gasteiger partial charge in [0.25, 0.3) is 0 Å². The van der Waals surface area contributed by atoms with E-state index in [9.17, 15) is 4.79 Å². The van der Waals surface area contributed by atoms with Crippen molar-refractivity contribution in [2.75, 3.05) is 13.2 Å². The number of esters is 1. The summed E-state index contributed by atoms with van der Waals surface area (Å²) in [5.41, 5.74) is -0.0945. The van der Waals surface area contributed by atoms with E-state index in [4.69, 9.17) is 10.00 Å². The van der Waals surface area contributed by atoms with Crippen LogP contribution in [0.1, 0.15) is 26.7 Å². The molecule has 14 heavy (non-hydrogen) atoms. The molecule has 0 spiro atoms. The first-order valence-electron chi connectivity index (χ1n) is 4.65. The molecule has 0 bridgehead atoms. The Kier molecular flexibility index (Phi) is 7.24. The molecule has 0 aromatic carbocycles. The zero-order valence-electron chi connectivity index (χ0n) is 8.58. The summed E-state index contributed by atoms with van der Waals surface area (Å²) >= 11 is 0. The molecule has 0 radical (unpaired) electrons. The molecule has 0 fully saturated rings. The summed E-state index contributed by atoms with van der Waals surface area (Å²) in [7, 11) is 0. The van der Waals surface area contributed by atoms with Crippen LogP contribution in [-0.2, 0) is 14.3 Å². The highest BCUT2D eigenvalue weighted by Crippen LogP contribution is 1.98. The molecule has 4 heteroatoms. The largest absolute Gasteiger partial charge is 0.500 e. The van der Waals surface area contributed by atoms with Crippen LogP contribution in [0.5, 0.6) is 0 Å². The molecule has 0 heterocycles. The molecule has 0 aliphatic rings. The van der Waals surface area contributed by atoms with Crippen molar-refractivity contribution in [3.8, 4) is 6.07 Å². The Morgan fingerprint density at radius 3 is 2.71 bits per heavy atom. The van der Waals surface area contributed by atoms with Gasteiger partial charge in [-0.3, -0.25) is 0 Å². The van der Waals surface area contributed by atoms with E-state index >= 15 is 0 Å². The third-order valence-electron chi connectivity index (χ3n) is 1.43. The fourth-order valence-corrected chi connectivity index (χ4v) is 0.699. The van der Waals surface area contributed by atoms with Crippen molar-refractivity contribution in [3.05, 3.63) is 11.8 Å². The predicted octanol–water partition coefficient (Wildman–Crippen LogP) is 1.77. The molecule has 0 amide bonds. The van der Waals surface area contributed by atoms with Crippen LogP contribution in [0.25, 0.3) is 0 Å². The van der Waals surface area contributed by atoms with Gasteiger partial charge in [-0.1, -0.05) is 13.3 Å². The van der Waals surface area contributed by atoms with Gasteiger partial charge in [0.2, 0.25) is 0 Å². The number of carbonyl (C=O) groups excluding carboxylic acids is 1. The van der Waals surface area contributed by atoms with E-state index in [1.54, 1.807) is 13.0 Å². The summed E-state index contributed by atoms with van der Waals surface area (Å²) in [5.74, 6) is -0.633. The Balaban J connectivity index is 4.00. The lowest BCUT2D eigenvalue weighted by atomic mass is 10.3. The average molecular weight is 197 g/mol. The van der Waals surface area contributed by atoms with Gasteiger partial charge >= 0.3 is 5.97 Å². The van der Waals surface area contributed by atoms with Crippen LogP contribution < -0.4 is 0 Å². The molecule has 0 atom stereocenters. The normalized spacial score (nSPS) is 10.5. The number of nitrogens with zero attached hydrogens (tertiary/aromatic N) is 1. The Bertz CT molecular complexity index is 240. The van der Waals surface area contributed by atoms with Gasteiger partial charge in [-0.15, -0.1) is 0 Å². The van der Waals surface area contributed by atoms with Crippen molar-refractivity contribution in [1.82, 2.24) is 0 Å². The maximum Gasteiger partial charge on any atom is 0.352 e. The average Bonchev–Trinajstić information content (AvgIpc) is 2.18. The highest BCUT2D eigenvalue weighted by atomic mass is 16.5. The van der Waals surface area contributed by atoms with Gasteiger partial charge in [0.05, 0.1) is 13.2 Å². The minimum absolute atomic E-state index is 0.0945. The molecule has 0 aliphatic carbocycles. The molecule has 4 nitrogen and oxygen atoms in total. The predicted molar refractivity (Wildman–Crippen MR) is 51.2 cm³/mol. The molecule has 0 saturated carbocycles. The SMILES string of the molecule is CCCCOC=C(C#N)C(=O)OCC. The first-order chi connectivity index (χ1) is 6.76.